The molecule has 20 heavy (non-hydrogen) atoms. The highest BCUT2D eigenvalue weighted by atomic mass is 32.1. The van der Waals surface area contributed by atoms with Crippen LogP contribution in [0.3, 0.4) is 0 Å². The topological polar surface area (TPSA) is 63.8 Å². The maximum Gasteiger partial charge on any atom is 0.138 e. The Bertz CT molecular complexity index is 552. The molecule has 2 aromatic heterocycles. The van der Waals surface area contributed by atoms with E-state index in [0.717, 1.165) is 41.8 Å². The Morgan fingerprint density at radius 3 is 2.60 bits per heavy atom. The first-order chi connectivity index (χ1) is 9.68. The van der Waals surface area contributed by atoms with Crippen LogP contribution in [0.4, 0.5) is 5.82 Å². The molecule has 2 aromatic rings. The van der Waals surface area contributed by atoms with Crippen LogP contribution < -0.4 is 11.1 Å². The largest absolute Gasteiger partial charge is 0.369 e. The molecule has 5 heteroatoms. The molecule has 0 atom stereocenters. The van der Waals surface area contributed by atoms with Gasteiger partial charge in [0.25, 0.3) is 0 Å². The van der Waals surface area contributed by atoms with Gasteiger partial charge in [-0.2, -0.15) is 0 Å². The van der Waals surface area contributed by atoms with Crippen molar-refractivity contribution in [2.24, 2.45) is 11.1 Å². The summed E-state index contributed by atoms with van der Waals surface area (Å²) in [5.41, 5.74) is 6.11. The number of nitrogens with two attached hydrogens (primary N) is 1. The van der Waals surface area contributed by atoms with Crippen LogP contribution in [-0.4, -0.2) is 23.1 Å². The number of nitrogens with zero attached hydrogens (tertiary/aromatic N) is 2. The second-order valence-electron chi connectivity index (χ2n) is 5.27. The van der Waals surface area contributed by atoms with Crippen LogP contribution in [0.15, 0.2) is 12.4 Å². The fourth-order valence-electron chi connectivity index (χ4n) is 2.35. The van der Waals surface area contributed by atoms with Crippen LogP contribution in [0.5, 0.6) is 0 Å². The molecule has 2 rings (SSSR count). The van der Waals surface area contributed by atoms with Gasteiger partial charge in [0.15, 0.2) is 0 Å². The first-order valence-electron chi connectivity index (χ1n) is 7.35. The predicted octanol–water partition coefficient (Wildman–Crippen LogP) is 3.43. The molecule has 2 heterocycles. The maximum absolute atomic E-state index is 5.96. The number of hydrogen-bond acceptors (Lipinski definition) is 5. The number of anilines is 1. The number of rotatable bonds is 7. The molecule has 0 amide bonds. The number of thiophene rings is 1. The molecule has 0 aromatic carbocycles. The van der Waals surface area contributed by atoms with E-state index in [1.807, 2.05) is 0 Å². The Hall–Kier alpha value is -1.20. The van der Waals surface area contributed by atoms with E-state index in [4.69, 9.17) is 5.73 Å². The van der Waals surface area contributed by atoms with Crippen LogP contribution in [0, 0.1) is 5.41 Å². The van der Waals surface area contributed by atoms with Gasteiger partial charge in [0.1, 0.15) is 17.0 Å². The highest BCUT2D eigenvalue weighted by Crippen LogP contribution is 2.30. The van der Waals surface area contributed by atoms with Crippen molar-refractivity contribution < 1.29 is 0 Å². The van der Waals surface area contributed by atoms with Gasteiger partial charge < -0.3 is 11.1 Å². The quantitative estimate of drug-likeness (QED) is 0.820. The first kappa shape index (κ1) is 15.2. The summed E-state index contributed by atoms with van der Waals surface area (Å²) in [6.45, 7) is 8.13. The fourth-order valence-corrected chi connectivity index (χ4v) is 3.29. The summed E-state index contributed by atoms with van der Waals surface area (Å²) in [4.78, 5) is 11.2. The fraction of sp³-hybridized carbons (Fsp3) is 0.600. The van der Waals surface area contributed by atoms with Crippen molar-refractivity contribution in [3.8, 4) is 0 Å². The second-order valence-corrected chi connectivity index (χ2v) is 6.39. The van der Waals surface area contributed by atoms with E-state index < -0.39 is 0 Å². The zero-order chi connectivity index (χ0) is 14.6. The molecular weight excluding hydrogens is 268 g/mol. The predicted molar refractivity (Wildman–Crippen MR) is 87.4 cm³/mol. The third kappa shape index (κ3) is 2.94. The van der Waals surface area contributed by atoms with Gasteiger partial charge in [0, 0.05) is 11.4 Å². The SMILES string of the molecule is CCc1cc2c(NCC(CC)(CC)CN)ncnc2s1. The summed E-state index contributed by atoms with van der Waals surface area (Å²) in [6, 6.07) is 2.20. The minimum atomic E-state index is 0.154. The van der Waals surface area contributed by atoms with E-state index in [-0.39, 0.29) is 5.41 Å². The highest BCUT2D eigenvalue weighted by Gasteiger charge is 2.24. The average Bonchev–Trinajstić information content (AvgIpc) is 2.93. The van der Waals surface area contributed by atoms with Crippen molar-refractivity contribution in [1.29, 1.82) is 0 Å². The molecule has 0 aliphatic rings. The van der Waals surface area contributed by atoms with Crippen LogP contribution in [0.2, 0.25) is 0 Å². The Kier molecular flexibility index (Phi) is 4.94. The van der Waals surface area contributed by atoms with Gasteiger partial charge in [0.2, 0.25) is 0 Å². The monoisotopic (exact) mass is 292 g/mol. The van der Waals surface area contributed by atoms with E-state index in [9.17, 15) is 0 Å². The summed E-state index contributed by atoms with van der Waals surface area (Å²) in [7, 11) is 0. The van der Waals surface area contributed by atoms with Crippen molar-refractivity contribution in [3.63, 3.8) is 0 Å². The first-order valence-corrected chi connectivity index (χ1v) is 8.17. The number of aromatic nitrogens is 2. The Balaban J connectivity index is 2.23. The zero-order valence-corrected chi connectivity index (χ0v) is 13.4. The van der Waals surface area contributed by atoms with Crippen molar-refractivity contribution in [2.75, 3.05) is 18.4 Å². The molecule has 0 aliphatic carbocycles. The van der Waals surface area contributed by atoms with Gasteiger partial charge in [0.05, 0.1) is 5.39 Å². The molecule has 0 fully saturated rings. The molecular formula is C15H24N4S. The third-order valence-corrected chi connectivity index (χ3v) is 5.48. The summed E-state index contributed by atoms with van der Waals surface area (Å²) < 4.78 is 0. The molecule has 0 saturated carbocycles. The minimum Gasteiger partial charge on any atom is -0.369 e. The van der Waals surface area contributed by atoms with E-state index in [0.29, 0.717) is 6.54 Å². The third-order valence-electron chi connectivity index (χ3n) is 4.29. The van der Waals surface area contributed by atoms with Gasteiger partial charge in [-0.15, -0.1) is 11.3 Å². The highest BCUT2D eigenvalue weighted by molar-refractivity contribution is 7.18. The number of aryl methyl sites for hydroxylation is 1. The molecule has 0 spiro atoms. The smallest absolute Gasteiger partial charge is 0.138 e. The van der Waals surface area contributed by atoms with Gasteiger partial charge in [-0.1, -0.05) is 20.8 Å². The van der Waals surface area contributed by atoms with Crippen LogP contribution in [-0.2, 0) is 6.42 Å². The standard InChI is InChI=1S/C15H24N4S/c1-4-11-7-12-13(18-10-19-14(12)20-11)17-9-15(5-2,6-3)8-16/h7,10H,4-6,8-9,16H2,1-3H3,(H,17,18,19). The normalized spacial score (nSPS) is 12.0. The van der Waals surface area contributed by atoms with Crippen LogP contribution in [0.25, 0.3) is 10.2 Å². The number of fused-ring (bicyclic) bond motifs is 1. The van der Waals surface area contributed by atoms with Gasteiger partial charge in [-0.25, -0.2) is 9.97 Å². The zero-order valence-electron chi connectivity index (χ0n) is 12.6. The van der Waals surface area contributed by atoms with Gasteiger partial charge in [-0.3, -0.25) is 0 Å². The second kappa shape index (κ2) is 6.50. The lowest BCUT2D eigenvalue weighted by molar-refractivity contribution is 0.294. The van der Waals surface area contributed by atoms with E-state index in [1.54, 1.807) is 17.7 Å². The van der Waals surface area contributed by atoms with Crippen LogP contribution in [0.1, 0.15) is 38.5 Å². The van der Waals surface area contributed by atoms with E-state index in [2.05, 4.69) is 42.1 Å². The summed E-state index contributed by atoms with van der Waals surface area (Å²) in [5, 5.41) is 4.63. The summed E-state index contributed by atoms with van der Waals surface area (Å²) in [5.74, 6) is 0.936. The van der Waals surface area contributed by atoms with Crippen molar-refractivity contribution in [2.45, 2.75) is 40.0 Å². The molecule has 3 N–H and O–H groups in total. The van der Waals surface area contributed by atoms with Gasteiger partial charge >= 0.3 is 0 Å². The van der Waals surface area contributed by atoms with E-state index >= 15 is 0 Å². The molecule has 0 bridgehead atoms. The Morgan fingerprint density at radius 2 is 2.00 bits per heavy atom. The average molecular weight is 292 g/mol. The molecule has 0 saturated heterocycles. The number of hydrogen-bond donors (Lipinski definition) is 2. The van der Waals surface area contributed by atoms with Crippen molar-refractivity contribution in [1.82, 2.24) is 9.97 Å². The lowest BCUT2D eigenvalue weighted by Crippen LogP contribution is -2.36. The lowest BCUT2D eigenvalue weighted by atomic mass is 9.82. The molecule has 0 radical (unpaired) electrons. The van der Waals surface area contributed by atoms with Crippen molar-refractivity contribution in [3.05, 3.63) is 17.3 Å². The van der Waals surface area contributed by atoms with Crippen LogP contribution >= 0.6 is 11.3 Å². The van der Waals surface area contributed by atoms with Gasteiger partial charge in [-0.05, 0) is 37.3 Å². The van der Waals surface area contributed by atoms with E-state index in [1.165, 1.54) is 4.88 Å². The maximum atomic E-state index is 5.96. The van der Waals surface area contributed by atoms with Crippen molar-refractivity contribution >= 4 is 27.4 Å². The molecule has 4 nitrogen and oxygen atoms in total. The Morgan fingerprint density at radius 1 is 1.25 bits per heavy atom. The molecule has 0 aliphatic heterocycles. The minimum absolute atomic E-state index is 0.154. The summed E-state index contributed by atoms with van der Waals surface area (Å²) >= 11 is 1.75. The molecule has 0 unspecified atom stereocenters. The molecule has 110 valence electrons. The lowest BCUT2D eigenvalue weighted by Gasteiger charge is -2.30. The summed E-state index contributed by atoms with van der Waals surface area (Å²) in [6.07, 6.45) is 4.83. The number of nitrogens with one attached hydrogen (secondary N) is 1. The Labute approximate surface area is 124 Å².